The van der Waals surface area contributed by atoms with Gasteiger partial charge in [0.05, 0.1) is 6.20 Å². The van der Waals surface area contributed by atoms with Gasteiger partial charge < -0.3 is 5.32 Å². The number of nitrogens with one attached hydrogen (secondary N) is 2. The quantitative estimate of drug-likeness (QED) is 0.826. The molecule has 1 aliphatic rings. The lowest BCUT2D eigenvalue weighted by atomic mass is 10.2. The van der Waals surface area contributed by atoms with E-state index in [1.807, 2.05) is 0 Å². The Hall–Kier alpha value is -1.05. The molecule has 100 valence electrons. The van der Waals surface area contributed by atoms with Gasteiger partial charge in [0.1, 0.15) is 10.7 Å². The van der Waals surface area contributed by atoms with Crippen LogP contribution < -0.4 is 10.0 Å². The minimum atomic E-state index is -3.65. The van der Waals surface area contributed by atoms with Gasteiger partial charge in [-0.1, -0.05) is 0 Å². The molecular formula is C11H16FN3O2S. The topological polar surface area (TPSA) is 71.1 Å². The molecule has 0 amide bonds. The van der Waals surface area contributed by atoms with Crippen LogP contribution in [-0.4, -0.2) is 32.5 Å². The van der Waals surface area contributed by atoms with E-state index in [0.29, 0.717) is 12.6 Å². The molecule has 0 aliphatic carbocycles. The average Bonchev–Trinajstić information content (AvgIpc) is 2.82. The first-order valence-corrected chi connectivity index (χ1v) is 7.40. The third kappa shape index (κ3) is 3.47. The number of halogens is 1. The summed E-state index contributed by atoms with van der Waals surface area (Å²) in [6, 6.07) is 1.33. The fourth-order valence-corrected chi connectivity index (χ4v) is 3.01. The zero-order valence-electron chi connectivity index (χ0n) is 9.89. The highest BCUT2D eigenvalue weighted by atomic mass is 32.2. The van der Waals surface area contributed by atoms with Crippen molar-refractivity contribution in [1.29, 1.82) is 0 Å². The number of hydrogen-bond acceptors (Lipinski definition) is 4. The van der Waals surface area contributed by atoms with Gasteiger partial charge >= 0.3 is 0 Å². The smallest absolute Gasteiger partial charge is 0.242 e. The maximum absolute atomic E-state index is 12.9. The maximum atomic E-state index is 12.9. The van der Waals surface area contributed by atoms with Crippen molar-refractivity contribution >= 4 is 10.0 Å². The van der Waals surface area contributed by atoms with E-state index in [9.17, 15) is 12.8 Å². The summed E-state index contributed by atoms with van der Waals surface area (Å²) in [6.07, 6.45) is 5.05. The van der Waals surface area contributed by atoms with Crippen LogP contribution in [0.2, 0.25) is 0 Å². The number of aromatic nitrogens is 1. The van der Waals surface area contributed by atoms with Crippen LogP contribution >= 0.6 is 0 Å². The summed E-state index contributed by atoms with van der Waals surface area (Å²) in [4.78, 5) is 3.39. The molecule has 0 spiro atoms. The minimum Gasteiger partial charge on any atom is -0.314 e. The fourth-order valence-electron chi connectivity index (χ4n) is 1.99. The molecule has 18 heavy (non-hydrogen) atoms. The molecule has 1 aliphatic heterocycles. The summed E-state index contributed by atoms with van der Waals surface area (Å²) in [5, 5.41) is 3.28. The van der Waals surface area contributed by atoms with Gasteiger partial charge in [0.2, 0.25) is 10.0 Å². The molecule has 1 atom stereocenters. The predicted molar refractivity (Wildman–Crippen MR) is 65.0 cm³/mol. The third-order valence-electron chi connectivity index (χ3n) is 2.94. The second-order valence-electron chi connectivity index (χ2n) is 4.32. The SMILES string of the molecule is O=S(=O)(NCC[C@@H]1CCCN1)c1cncc(F)c1. The van der Waals surface area contributed by atoms with Crippen molar-refractivity contribution < 1.29 is 12.8 Å². The van der Waals surface area contributed by atoms with Crippen LogP contribution in [0.4, 0.5) is 4.39 Å². The third-order valence-corrected chi connectivity index (χ3v) is 4.37. The van der Waals surface area contributed by atoms with Crippen LogP contribution in [0, 0.1) is 5.82 Å². The lowest BCUT2D eigenvalue weighted by Gasteiger charge is -2.11. The molecule has 1 aromatic heterocycles. The van der Waals surface area contributed by atoms with Crippen molar-refractivity contribution in [3.8, 4) is 0 Å². The molecule has 1 aromatic rings. The molecule has 2 rings (SSSR count). The van der Waals surface area contributed by atoms with Gasteiger partial charge in [-0.05, 0) is 31.9 Å². The fraction of sp³-hybridized carbons (Fsp3) is 0.545. The van der Waals surface area contributed by atoms with Gasteiger partial charge in [0, 0.05) is 18.8 Å². The Kier molecular flexibility index (Phi) is 4.26. The van der Waals surface area contributed by atoms with E-state index in [1.54, 1.807) is 0 Å². The van der Waals surface area contributed by atoms with Gasteiger partial charge in [-0.15, -0.1) is 0 Å². The monoisotopic (exact) mass is 273 g/mol. The Bertz CT molecular complexity index is 501. The number of pyridine rings is 1. The lowest BCUT2D eigenvalue weighted by molar-refractivity contribution is 0.538. The van der Waals surface area contributed by atoms with Crippen LogP contribution in [0.3, 0.4) is 0 Å². The van der Waals surface area contributed by atoms with E-state index in [-0.39, 0.29) is 4.90 Å². The van der Waals surface area contributed by atoms with Crippen molar-refractivity contribution in [2.75, 3.05) is 13.1 Å². The maximum Gasteiger partial charge on any atom is 0.242 e. The van der Waals surface area contributed by atoms with Crippen molar-refractivity contribution in [3.63, 3.8) is 0 Å². The van der Waals surface area contributed by atoms with Gasteiger partial charge in [0.25, 0.3) is 0 Å². The highest BCUT2D eigenvalue weighted by Gasteiger charge is 2.17. The molecule has 0 unspecified atom stereocenters. The van der Waals surface area contributed by atoms with Crippen LogP contribution in [-0.2, 0) is 10.0 Å². The highest BCUT2D eigenvalue weighted by molar-refractivity contribution is 7.89. The number of nitrogens with zero attached hydrogens (tertiary/aromatic N) is 1. The molecule has 7 heteroatoms. The van der Waals surface area contributed by atoms with Gasteiger partial charge in [0.15, 0.2) is 0 Å². The molecule has 1 saturated heterocycles. The first kappa shape index (κ1) is 13.4. The Balaban J connectivity index is 1.90. The Morgan fingerprint density at radius 3 is 3.00 bits per heavy atom. The van der Waals surface area contributed by atoms with E-state index < -0.39 is 15.8 Å². The summed E-state index contributed by atoms with van der Waals surface area (Å²) < 4.78 is 39.0. The molecule has 0 saturated carbocycles. The molecule has 1 fully saturated rings. The van der Waals surface area contributed by atoms with Crippen LogP contribution in [0.25, 0.3) is 0 Å². The highest BCUT2D eigenvalue weighted by Crippen LogP contribution is 2.10. The van der Waals surface area contributed by atoms with Crippen LogP contribution in [0.1, 0.15) is 19.3 Å². The van der Waals surface area contributed by atoms with E-state index >= 15 is 0 Å². The number of sulfonamides is 1. The summed E-state index contributed by atoms with van der Waals surface area (Å²) >= 11 is 0. The summed E-state index contributed by atoms with van der Waals surface area (Å²) in [5.74, 6) is -0.657. The number of hydrogen-bond donors (Lipinski definition) is 2. The molecular weight excluding hydrogens is 257 g/mol. The van der Waals surface area contributed by atoms with Crippen molar-refractivity contribution in [1.82, 2.24) is 15.0 Å². The van der Waals surface area contributed by atoms with Crippen molar-refractivity contribution in [2.24, 2.45) is 0 Å². The zero-order chi connectivity index (χ0) is 13.0. The van der Waals surface area contributed by atoms with Crippen LogP contribution in [0.15, 0.2) is 23.4 Å². The second kappa shape index (κ2) is 5.73. The average molecular weight is 273 g/mol. The second-order valence-corrected chi connectivity index (χ2v) is 6.09. The Morgan fingerprint density at radius 2 is 2.33 bits per heavy atom. The Morgan fingerprint density at radius 1 is 1.50 bits per heavy atom. The lowest BCUT2D eigenvalue weighted by Crippen LogP contribution is -2.30. The first-order valence-electron chi connectivity index (χ1n) is 5.91. The Labute approximate surface area is 106 Å². The molecule has 5 nitrogen and oxygen atoms in total. The summed E-state index contributed by atoms with van der Waals surface area (Å²) in [5.41, 5.74) is 0. The summed E-state index contributed by atoms with van der Waals surface area (Å²) in [6.45, 7) is 1.34. The largest absolute Gasteiger partial charge is 0.314 e. The van der Waals surface area contributed by atoms with E-state index in [2.05, 4.69) is 15.0 Å². The predicted octanol–water partition coefficient (Wildman–Crippen LogP) is 0.641. The van der Waals surface area contributed by atoms with Gasteiger partial charge in [-0.3, -0.25) is 4.98 Å². The van der Waals surface area contributed by atoms with Crippen molar-refractivity contribution in [2.45, 2.75) is 30.2 Å². The first-order chi connectivity index (χ1) is 8.58. The van der Waals surface area contributed by atoms with Gasteiger partial charge in [-0.2, -0.15) is 0 Å². The van der Waals surface area contributed by atoms with Crippen LogP contribution in [0.5, 0.6) is 0 Å². The van der Waals surface area contributed by atoms with Crippen molar-refractivity contribution in [3.05, 3.63) is 24.3 Å². The van der Waals surface area contributed by atoms with E-state index in [0.717, 1.165) is 44.3 Å². The van der Waals surface area contributed by atoms with Gasteiger partial charge in [-0.25, -0.2) is 17.5 Å². The standard InChI is InChI=1S/C11H16FN3O2S/c12-9-6-11(8-13-7-9)18(16,17)15-5-3-10-2-1-4-14-10/h6-8,10,14-15H,1-5H2/t10-/m0/s1. The zero-order valence-corrected chi connectivity index (χ0v) is 10.7. The summed E-state index contributed by atoms with van der Waals surface area (Å²) in [7, 11) is -3.65. The molecule has 0 radical (unpaired) electrons. The van der Waals surface area contributed by atoms with E-state index in [1.165, 1.54) is 0 Å². The van der Waals surface area contributed by atoms with E-state index in [4.69, 9.17) is 0 Å². The molecule has 2 heterocycles. The normalized spacial score (nSPS) is 20.2. The molecule has 2 N–H and O–H groups in total. The minimum absolute atomic E-state index is 0.137. The molecule has 0 aromatic carbocycles. The molecule has 0 bridgehead atoms. The number of rotatable bonds is 5.